The standard InChI is InChI=1S/C18H23NO2/c20-17(16-13-7-3-8-14(13)16)19-11-18(21)10-4-6-12-5-1-2-9-15(12)18/h1-2,5,9,13-14,16,21H,3-4,6-8,10-11H2,(H,19,20). The zero-order valence-corrected chi connectivity index (χ0v) is 12.3. The van der Waals surface area contributed by atoms with Gasteiger partial charge in [-0.25, -0.2) is 0 Å². The molecule has 3 aliphatic carbocycles. The van der Waals surface area contributed by atoms with E-state index in [0.717, 1.165) is 24.8 Å². The molecule has 0 aromatic heterocycles. The summed E-state index contributed by atoms with van der Waals surface area (Å²) in [7, 11) is 0. The van der Waals surface area contributed by atoms with E-state index in [0.29, 0.717) is 18.4 Å². The van der Waals surface area contributed by atoms with Gasteiger partial charge in [-0.3, -0.25) is 4.79 Å². The second-order valence-electron chi connectivity index (χ2n) is 7.04. The maximum Gasteiger partial charge on any atom is 0.223 e. The van der Waals surface area contributed by atoms with Crippen LogP contribution < -0.4 is 5.32 Å². The molecule has 1 amide bonds. The largest absolute Gasteiger partial charge is 0.383 e. The molecule has 0 spiro atoms. The van der Waals surface area contributed by atoms with Crippen molar-refractivity contribution in [1.82, 2.24) is 5.32 Å². The summed E-state index contributed by atoms with van der Waals surface area (Å²) in [5.41, 5.74) is 1.35. The third kappa shape index (κ3) is 2.18. The molecule has 0 aliphatic heterocycles. The van der Waals surface area contributed by atoms with Crippen molar-refractivity contribution in [2.45, 2.75) is 44.1 Å². The summed E-state index contributed by atoms with van der Waals surface area (Å²) in [6, 6.07) is 8.09. The van der Waals surface area contributed by atoms with Crippen molar-refractivity contribution in [1.29, 1.82) is 0 Å². The summed E-state index contributed by atoms with van der Waals surface area (Å²) in [6.07, 6.45) is 6.47. The topological polar surface area (TPSA) is 49.3 Å². The van der Waals surface area contributed by atoms with Gasteiger partial charge < -0.3 is 10.4 Å². The summed E-state index contributed by atoms with van der Waals surface area (Å²) in [6.45, 7) is 0.360. The van der Waals surface area contributed by atoms with Crippen LogP contribution in [0.4, 0.5) is 0 Å². The van der Waals surface area contributed by atoms with Crippen LogP contribution in [0.25, 0.3) is 0 Å². The first-order valence-electron chi connectivity index (χ1n) is 8.27. The Morgan fingerprint density at radius 1 is 1.24 bits per heavy atom. The van der Waals surface area contributed by atoms with Crippen LogP contribution in [0.2, 0.25) is 0 Å². The predicted octanol–water partition coefficient (Wildman–Crippen LogP) is 2.37. The zero-order chi connectivity index (χ0) is 14.4. The fourth-order valence-corrected chi connectivity index (χ4v) is 4.64. The van der Waals surface area contributed by atoms with Crippen molar-refractivity contribution in [2.75, 3.05) is 6.54 Å². The van der Waals surface area contributed by atoms with E-state index < -0.39 is 5.60 Å². The Hall–Kier alpha value is -1.35. The molecule has 21 heavy (non-hydrogen) atoms. The first kappa shape index (κ1) is 13.3. The highest BCUT2D eigenvalue weighted by Crippen LogP contribution is 2.57. The molecule has 1 aromatic rings. The van der Waals surface area contributed by atoms with Crippen LogP contribution in [0.5, 0.6) is 0 Å². The molecule has 3 heteroatoms. The quantitative estimate of drug-likeness (QED) is 0.896. The fourth-order valence-electron chi connectivity index (χ4n) is 4.64. The molecular formula is C18H23NO2. The molecule has 3 aliphatic rings. The number of hydrogen-bond acceptors (Lipinski definition) is 2. The van der Waals surface area contributed by atoms with E-state index in [1.165, 1.54) is 24.8 Å². The number of hydrogen-bond donors (Lipinski definition) is 2. The Bertz CT molecular complexity index is 560. The van der Waals surface area contributed by atoms with Gasteiger partial charge in [-0.2, -0.15) is 0 Å². The monoisotopic (exact) mass is 285 g/mol. The van der Waals surface area contributed by atoms with Crippen LogP contribution in [0.1, 0.15) is 43.2 Å². The van der Waals surface area contributed by atoms with Crippen molar-refractivity contribution >= 4 is 5.91 Å². The van der Waals surface area contributed by atoms with Crippen molar-refractivity contribution in [3.8, 4) is 0 Å². The minimum absolute atomic E-state index is 0.168. The van der Waals surface area contributed by atoms with Gasteiger partial charge in [0.1, 0.15) is 5.60 Å². The number of carbonyl (C=O) groups excluding carboxylic acids is 1. The maximum atomic E-state index is 12.3. The third-order valence-corrected chi connectivity index (χ3v) is 5.82. The first-order chi connectivity index (χ1) is 10.2. The molecule has 1 aromatic carbocycles. The first-order valence-corrected chi connectivity index (χ1v) is 8.27. The number of benzene rings is 1. The number of rotatable bonds is 3. The second kappa shape index (κ2) is 4.84. The van der Waals surface area contributed by atoms with Crippen LogP contribution in [0, 0.1) is 17.8 Å². The van der Waals surface area contributed by atoms with E-state index in [1.807, 2.05) is 18.2 Å². The van der Waals surface area contributed by atoms with E-state index in [1.54, 1.807) is 0 Å². The summed E-state index contributed by atoms with van der Waals surface area (Å²) in [4.78, 5) is 12.3. The molecule has 2 fully saturated rings. The van der Waals surface area contributed by atoms with Crippen molar-refractivity contribution < 1.29 is 9.90 Å². The molecule has 2 N–H and O–H groups in total. The number of nitrogens with one attached hydrogen (secondary N) is 1. The minimum atomic E-state index is -0.880. The van der Waals surface area contributed by atoms with Gasteiger partial charge in [0.25, 0.3) is 0 Å². The van der Waals surface area contributed by atoms with Gasteiger partial charge in [0.05, 0.1) is 6.54 Å². The second-order valence-corrected chi connectivity index (χ2v) is 7.04. The molecule has 0 heterocycles. The SMILES string of the molecule is O=C(NCC1(O)CCCc2ccccc21)C1C2CCCC21. The number of aryl methyl sites for hydroxylation is 1. The average Bonchev–Trinajstić information content (AvgIpc) is 2.98. The van der Waals surface area contributed by atoms with Crippen LogP contribution >= 0.6 is 0 Å². The number of carbonyl (C=O) groups is 1. The highest BCUT2D eigenvalue weighted by atomic mass is 16.3. The number of fused-ring (bicyclic) bond motifs is 2. The molecule has 3 unspecified atom stereocenters. The van der Waals surface area contributed by atoms with E-state index in [9.17, 15) is 9.90 Å². The van der Waals surface area contributed by atoms with Gasteiger partial charge in [0.2, 0.25) is 5.91 Å². The number of aliphatic hydroxyl groups is 1. The van der Waals surface area contributed by atoms with Gasteiger partial charge in [-0.15, -0.1) is 0 Å². The molecule has 4 rings (SSSR count). The lowest BCUT2D eigenvalue weighted by Gasteiger charge is -2.34. The van der Waals surface area contributed by atoms with Gasteiger partial charge in [-0.1, -0.05) is 30.7 Å². The van der Waals surface area contributed by atoms with Gasteiger partial charge in [0.15, 0.2) is 0 Å². The lowest BCUT2D eigenvalue weighted by atomic mass is 9.79. The van der Waals surface area contributed by atoms with E-state index in [2.05, 4.69) is 11.4 Å². The van der Waals surface area contributed by atoms with Crippen LogP contribution in [0.3, 0.4) is 0 Å². The lowest BCUT2D eigenvalue weighted by Crippen LogP contribution is -2.43. The molecule has 2 saturated carbocycles. The Morgan fingerprint density at radius 3 is 2.81 bits per heavy atom. The molecular weight excluding hydrogens is 262 g/mol. The Kier molecular flexibility index (Phi) is 3.07. The average molecular weight is 285 g/mol. The lowest BCUT2D eigenvalue weighted by molar-refractivity contribution is -0.124. The molecule has 112 valence electrons. The van der Waals surface area contributed by atoms with Crippen LogP contribution in [-0.2, 0) is 16.8 Å². The Morgan fingerprint density at radius 2 is 2.00 bits per heavy atom. The van der Waals surface area contributed by atoms with E-state index in [4.69, 9.17) is 0 Å². The normalized spacial score (nSPS) is 36.7. The summed E-state index contributed by atoms with van der Waals surface area (Å²) < 4.78 is 0. The van der Waals surface area contributed by atoms with E-state index >= 15 is 0 Å². The highest BCUT2D eigenvalue weighted by molar-refractivity contribution is 5.82. The van der Waals surface area contributed by atoms with Gasteiger partial charge >= 0.3 is 0 Å². The Labute approximate surface area is 125 Å². The minimum Gasteiger partial charge on any atom is -0.383 e. The van der Waals surface area contributed by atoms with Gasteiger partial charge in [-0.05, 0) is 55.1 Å². The number of amides is 1. The molecule has 0 radical (unpaired) electrons. The van der Waals surface area contributed by atoms with Gasteiger partial charge in [0, 0.05) is 5.92 Å². The maximum absolute atomic E-state index is 12.3. The predicted molar refractivity (Wildman–Crippen MR) is 80.6 cm³/mol. The van der Waals surface area contributed by atoms with Crippen LogP contribution in [-0.4, -0.2) is 17.6 Å². The smallest absolute Gasteiger partial charge is 0.223 e. The molecule has 0 saturated heterocycles. The third-order valence-electron chi connectivity index (χ3n) is 5.82. The van der Waals surface area contributed by atoms with Crippen molar-refractivity contribution in [3.63, 3.8) is 0 Å². The highest BCUT2D eigenvalue weighted by Gasteiger charge is 2.56. The van der Waals surface area contributed by atoms with Crippen molar-refractivity contribution in [2.24, 2.45) is 17.8 Å². The summed E-state index contributed by atoms with van der Waals surface area (Å²) >= 11 is 0. The Balaban J connectivity index is 1.44. The van der Waals surface area contributed by atoms with Crippen LogP contribution in [0.15, 0.2) is 24.3 Å². The summed E-state index contributed by atoms with van der Waals surface area (Å²) in [5.74, 6) is 1.68. The molecule has 0 bridgehead atoms. The molecule has 3 nitrogen and oxygen atoms in total. The van der Waals surface area contributed by atoms with Crippen molar-refractivity contribution in [3.05, 3.63) is 35.4 Å². The summed E-state index contributed by atoms with van der Waals surface area (Å²) in [5, 5.41) is 14.0. The zero-order valence-electron chi connectivity index (χ0n) is 12.3. The van der Waals surface area contributed by atoms with E-state index in [-0.39, 0.29) is 11.8 Å². The molecule has 3 atom stereocenters. The fraction of sp³-hybridized carbons (Fsp3) is 0.611.